The molecule has 1 aromatic heterocycles. The number of ether oxygens (including phenoxy) is 3. The molecule has 0 spiro atoms. The zero-order valence-corrected chi connectivity index (χ0v) is 19.7. The van der Waals surface area contributed by atoms with Crippen molar-refractivity contribution in [2.75, 3.05) is 57.9 Å². The van der Waals surface area contributed by atoms with Gasteiger partial charge in [-0.15, -0.1) is 5.10 Å². The number of hydrogen-bond donors (Lipinski definition) is 0. The second-order valence-electron chi connectivity index (χ2n) is 7.66. The van der Waals surface area contributed by atoms with Gasteiger partial charge in [0, 0.05) is 32.7 Å². The highest BCUT2D eigenvalue weighted by atomic mass is 16.5. The van der Waals surface area contributed by atoms with Crippen molar-refractivity contribution < 1.29 is 23.8 Å². The van der Waals surface area contributed by atoms with Gasteiger partial charge in [-0.2, -0.15) is 0 Å². The number of esters is 2. The average Bonchev–Trinajstić information content (AvgIpc) is 3.27. The Morgan fingerprint density at radius 3 is 2.30 bits per heavy atom. The fourth-order valence-electron chi connectivity index (χ4n) is 3.91. The highest BCUT2D eigenvalue weighted by molar-refractivity contribution is 6.00. The summed E-state index contributed by atoms with van der Waals surface area (Å²) in [5, 5.41) is 7.87. The highest BCUT2D eigenvalue weighted by Crippen LogP contribution is 2.28. The van der Waals surface area contributed by atoms with Gasteiger partial charge in [0.2, 0.25) is 5.69 Å². The summed E-state index contributed by atoms with van der Waals surface area (Å²) in [6, 6.07) is 8.10. The maximum Gasteiger partial charge on any atom is 0.361 e. The minimum Gasteiger partial charge on any atom is -0.495 e. The molecule has 1 aliphatic heterocycles. The lowest BCUT2D eigenvalue weighted by Gasteiger charge is -2.36. The summed E-state index contributed by atoms with van der Waals surface area (Å²) in [6.45, 7) is 9.07. The van der Waals surface area contributed by atoms with Crippen molar-refractivity contribution >= 4 is 17.6 Å². The molecule has 0 radical (unpaired) electrons. The largest absolute Gasteiger partial charge is 0.495 e. The third kappa shape index (κ3) is 6.22. The second-order valence-corrected chi connectivity index (χ2v) is 7.66. The Kier molecular flexibility index (Phi) is 9.05. The fraction of sp³-hybridized carbons (Fsp3) is 0.565. The first kappa shape index (κ1) is 24.5. The van der Waals surface area contributed by atoms with Crippen molar-refractivity contribution in [1.29, 1.82) is 0 Å². The van der Waals surface area contributed by atoms with Crippen molar-refractivity contribution in [2.45, 2.75) is 33.2 Å². The summed E-state index contributed by atoms with van der Waals surface area (Å²) in [5.41, 5.74) is 1.10. The Balaban J connectivity index is 1.49. The summed E-state index contributed by atoms with van der Waals surface area (Å²) in [5.74, 6) is -0.379. The van der Waals surface area contributed by atoms with Crippen LogP contribution in [-0.2, 0) is 16.0 Å². The summed E-state index contributed by atoms with van der Waals surface area (Å²) in [4.78, 5) is 29.3. The first-order valence-corrected chi connectivity index (χ1v) is 11.5. The van der Waals surface area contributed by atoms with Gasteiger partial charge in [0.1, 0.15) is 5.75 Å². The standard InChI is InChI=1S/C23H33N5O5/c1-4-32-22(29)20-21(23(30)33-5-2)28(25-24-20)13-9-8-12-26-14-16-27(17-15-26)18-10-6-7-11-19(18)31-3/h6-7,10-11H,4-5,8-9,12-17H2,1-3H3. The molecule has 1 saturated heterocycles. The first-order valence-electron chi connectivity index (χ1n) is 11.5. The molecule has 3 rings (SSSR count). The van der Waals surface area contributed by atoms with E-state index in [1.807, 2.05) is 18.2 Å². The van der Waals surface area contributed by atoms with Gasteiger partial charge in [0.25, 0.3) is 0 Å². The molecule has 0 N–H and O–H groups in total. The number of piperazine rings is 1. The summed E-state index contributed by atoms with van der Waals surface area (Å²) in [7, 11) is 1.70. The van der Waals surface area contributed by atoms with E-state index in [-0.39, 0.29) is 24.6 Å². The van der Waals surface area contributed by atoms with Crippen LogP contribution in [0.5, 0.6) is 5.75 Å². The molecule has 1 aromatic carbocycles. The van der Waals surface area contributed by atoms with Gasteiger partial charge in [-0.3, -0.25) is 4.90 Å². The van der Waals surface area contributed by atoms with Gasteiger partial charge < -0.3 is 19.1 Å². The minimum absolute atomic E-state index is 0.0562. The number of aryl methyl sites for hydroxylation is 1. The highest BCUT2D eigenvalue weighted by Gasteiger charge is 2.27. The third-order valence-electron chi connectivity index (χ3n) is 5.57. The Morgan fingerprint density at radius 2 is 1.61 bits per heavy atom. The Labute approximate surface area is 194 Å². The van der Waals surface area contributed by atoms with Crippen molar-refractivity contribution in [2.24, 2.45) is 0 Å². The Hall–Kier alpha value is -3.14. The van der Waals surface area contributed by atoms with E-state index in [1.165, 1.54) is 4.68 Å². The Bertz CT molecular complexity index is 924. The van der Waals surface area contributed by atoms with Crippen LogP contribution in [0.3, 0.4) is 0 Å². The number of anilines is 1. The van der Waals surface area contributed by atoms with Gasteiger partial charge in [-0.25, -0.2) is 14.3 Å². The molecule has 2 aromatic rings. The number of aromatic nitrogens is 3. The van der Waals surface area contributed by atoms with Crippen molar-refractivity contribution in [1.82, 2.24) is 19.9 Å². The lowest BCUT2D eigenvalue weighted by molar-refractivity contribution is 0.0466. The van der Waals surface area contributed by atoms with E-state index in [2.05, 4.69) is 26.2 Å². The van der Waals surface area contributed by atoms with E-state index < -0.39 is 11.9 Å². The molecular weight excluding hydrogens is 426 g/mol. The van der Waals surface area contributed by atoms with Gasteiger partial charge in [-0.1, -0.05) is 17.3 Å². The molecular formula is C23H33N5O5. The molecule has 0 saturated carbocycles. The predicted molar refractivity (Wildman–Crippen MR) is 123 cm³/mol. The molecule has 0 unspecified atom stereocenters. The number of carbonyl (C=O) groups is 2. The molecule has 180 valence electrons. The summed E-state index contributed by atoms with van der Waals surface area (Å²) >= 11 is 0. The van der Waals surface area contributed by atoms with Crippen LogP contribution >= 0.6 is 0 Å². The smallest absolute Gasteiger partial charge is 0.361 e. The van der Waals surface area contributed by atoms with Crippen LogP contribution in [0.4, 0.5) is 5.69 Å². The number of unbranched alkanes of at least 4 members (excludes halogenated alkanes) is 1. The number of rotatable bonds is 11. The van der Waals surface area contributed by atoms with Crippen LogP contribution in [0.15, 0.2) is 24.3 Å². The second kappa shape index (κ2) is 12.2. The van der Waals surface area contributed by atoms with E-state index in [9.17, 15) is 9.59 Å². The lowest BCUT2D eigenvalue weighted by Crippen LogP contribution is -2.46. The third-order valence-corrected chi connectivity index (χ3v) is 5.57. The molecule has 0 amide bonds. The van der Waals surface area contributed by atoms with Crippen molar-refractivity contribution in [3.8, 4) is 5.75 Å². The molecule has 10 nitrogen and oxygen atoms in total. The SMILES string of the molecule is CCOC(=O)c1nnn(CCCCN2CCN(c3ccccc3OC)CC2)c1C(=O)OCC. The van der Waals surface area contributed by atoms with Crippen LogP contribution in [-0.4, -0.2) is 84.9 Å². The minimum atomic E-state index is -0.667. The number of para-hydroxylation sites is 2. The molecule has 2 heterocycles. The number of methoxy groups -OCH3 is 1. The van der Waals surface area contributed by atoms with Gasteiger partial charge >= 0.3 is 11.9 Å². The van der Waals surface area contributed by atoms with E-state index >= 15 is 0 Å². The van der Waals surface area contributed by atoms with Crippen molar-refractivity contribution in [3.05, 3.63) is 35.7 Å². The van der Waals surface area contributed by atoms with Gasteiger partial charge in [0.15, 0.2) is 5.69 Å². The molecule has 33 heavy (non-hydrogen) atoms. The van der Waals surface area contributed by atoms with Gasteiger partial charge in [-0.05, 0) is 45.4 Å². The zero-order valence-electron chi connectivity index (χ0n) is 19.7. The van der Waals surface area contributed by atoms with Gasteiger partial charge in [0.05, 0.1) is 26.0 Å². The zero-order chi connectivity index (χ0) is 23.6. The molecule has 1 aliphatic rings. The van der Waals surface area contributed by atoms with Crippen LogP contribution in [0, 0.1) is 0 Å². The molecule has 0 aliphatic carbocycles. The lowest BCUT2D eigenvalue weighted by atomic mass is 10.2. The van der Waals surface area contributed by atoms with Crippen LogP contribution in [0.2, 0.25) is 0 Å². The van der Waals surface area contributed by atoms with E-state index in [4.69, 9.17) is 14.2 Å². The normalized spacial score (nSPS) is 14.2. The maximum absolute atomic E-state index is 12.4. The summed E-state index contributed by atoms with van der Waals surface area (Å²) in [6.07, 6.45) is 1.73. The number of benzene rings is 1. The Morgan fingerprint density at radius 1 is 0.939 bits per heavy atom. The topological polar surface area (TPSA) is 99.0 Å². The van der Waals surface area contributed by atoms with E-state index in [1.54, 1.807) is 21.0 Å². The maximum atomic E-state index is 12.4. The predicted octanol–water partition coefficient (Wildman–Crippen LogP) is 2.24. The van der Waals surface area contributed by atoms with Crippen LogP contribution < -0.4 is 9.64 Å². The quantitative estimate of drug-likeness (QED) is 0.370. The van der Waals surface area contributed by atoms with Crippen molar-refractivity contribution in [3.63, 3.8) is 0 Å². The number of nitrogens with zero attached hydrogens (tertiary/aromatic N) is 5. The number of hydrogen-bond acceptors (Lipinski definition) is 9. The molecule has 10 heteroatoms. The molecule has 0 bridgehead atoms. The molecule has 0 atom stereocenters. The number of carbonyl (C=O) groups excluding carboxylic acids is 2. The van der Waals surface area contributed by atoms with E-state index in [0.717, 1.165) is 57.0 Å². The van der Waals surface area contributed by atoms with E-state index in [0.29, 0.717) is 6.54 Å². The first-order chi connectivity index (χ1) is 16.1. The van der Waals surface area contributed by atoms with Crippen LogP contribution in [0.1, 0.15) is 47.7 Å². The summed E-state index contributed by atoms with van der Waals surface area (Å²) < 4.78 is 17.0. The fourth-order valence-corrected chi connectivity index (χ4v) is 3.91. The average molecular weight is 460 g/mol. The monoisotopic (exact) mass is 459 g/mol. The van der Waals surface area contributed by atoms with Crippen LogP contribution in [0.25, 0.3) is 0 Å². The molecule has 1 fully saturated rings.